The number of hydrogen-bond donors (Lipinski definition) is 0. The zero-order chi connectivity index (χ0) is 17.6. The van der Waals surface area contributed by atoms with Gasteiger partial charge < -0.3 is 9.80 Å². The van der Waals surface area contributed by atoms with Gasteiger partial charge in [0.1, 0.15) is 0 Å². The van der Waals surface area contributed by atoms with Crippen molar-refractivity contribution in [2.75, 3.05) is 33.2 Å². The summed E-state index contributed by atoms with van der Waals surface area (Å²) in [7, 11) is 1.92. The molecule has 1 aliphatic heterocycles. The van der Waals surface area contributed by atoms with E-state index < -0.39 is 0 Å². The molecule has 1 amide bonds. The molecule has 1 aromatic carbocycles. The van der Waals surface area contributed by atoms with E-state index in [0.29, 0.717) is 5.92 Å². The van der Waals surface area contributed by atoms with Crippen molar-refractivity contribution in [3.8, 4) is 0 Å². The quantitative estimate of drug-likeness (QED) is 0.744. The number of rotatable bonds is 6. The molecule has 2 heterocycles. The SMILES string of the molecule is CN(CC1CCCN(CCc2ccc(Cl)cc2)C1)C(=O)c1ccsc1. The number of halogens is 1. The van der Waals surface area contributed by atoms with Crippen LogP contribution in [-0.4, -0.2) is 48.9 Å². The molecule has 1 atom stereocenters. The van der Waals surface area contributed by atoms with Crippen molar-refractivity contribution in [3.05, 3.63) is 57.2 Å². The zero-order valence-electron chi connectivity index (χ0n) is 14.7. The van der Waals surface area contributed by atoms with E-state index in [4.69, 9.17) is 11.6 Å². The maximum Gasteiger partial charge on any atom is 0.254 e. The van der Waals surface area contributed by atoms with Crippen LogP contribution >= 0.6 is 22.9 Å². The molecule has 0 N–H and O–H groups in total. The average Bonchev–Trinajstić information content (AvgIpc) is 3.15. The van der Waals surface area contributed by atoms with Gasteiger partial charge in [0.25, 0.3) is 5.91 Å². The monoisotopic (exact) mass is 376 g/mol. The first-order valence-corrected chi connectivity index (χ1v) is 10.2. The van der Waals surface area contributed by atoms with Crippen LogP contribution in [0.2, 0.25) is 5.02 Å². The Morgan fingerprint density at radius 1 is 1.32 bits per heavy atom. The van der Waals surface area contributed by atoms with E-state index in [9.17, 15) is 4.79 Å². The minimum Gasteiger partial charge on any atom is -0.341 e. The van der Waals surface area contributed by atoms with Crippen molar-refractivity contribution in [1.82, 2.24) is 9.80 Å². The molecule has 134 valence electrons. The maximum absolute atomic E-state index is 12.4. The molecule has 25 heavy (non-hydrogen) atoms. The molecule has 1 saturated heterocycles. The normalized spacial score (nSPS) is 18.2. The largest absolute Gasteiger partial charge is 0.341 e. The summed E-state index contributed by atoms with van der Waals surface area (Å²) < 4.78 is 0. The second kappa shape index (κ2) is 8.84. The molecule has 3 rings (SSSR count). The first kappa shape index (κ1) is 18.4. The third kappa shape index (κ3) is 5.30. The van der Waals surface area contributed by atoms with E-state index in [1.54, 1.807) is 11.3 Å². The Balaban J connectivity index is 1.47. The Kier molecular flexibility index (Phi) is 6.51. The Bertz CT molecular complexity index is 672. The summed E-state index contributed by atoms with van der Waals surface area (Å²) in [4.78, 5) is 16.8. The maximum atomic E-state index is 12.4. The van der Waals surface area contributed by atoms with Crippen LogP contribution in [0.25, 0.3) is 0 Å². The summed E-state index contributed by atoms with van der Waals surface area (Å²) in [6.45, 7) is 4.15. The molecule has 5 heteroatoms. The molecule has 0 saturated carbocycles. The highest BCUT2D eigenvalue weighted by molar-refractivity contribution is 7.08. The number of amides is 1. The summed E-state index contributed by atoms with van der Waals surface area (Å²) in [5, 5.41) is 4.68. The Labute approximate surface area is 159 Å². The van der Waals surface area contributed by atoms with Crippen LogP contribution in [0.3, 0.4) is 0 Å². The third-order valence-corrected chi connectivity index (χ3v) is 5.82. The van der Waals surface area contributed by atoms with Crippen LogP contribution in [0, 0.1) is 5.92 Å². The van der Waals surface area contributed by atoms with Crippen molar-refractivity contribution in [2.45, 2.75) is 19.3 Å². The van der Waals surface area contributed by atoms with Gasteiger partial charge in [-0.05, 0) is 60.9 Å². The number of carbonyl (C=O) groups is 1. The van der Waals surface area contributed by atoms with Crippen molar-refractivity contribution in [2.24, 2.45) is 5.92 Å². The Morgan fingerprint density at radius 3 is 2.84 bits per heavy atom. The smallest absolute Gasteiger partial charge is 0.254 e. The highest BCUT2D eigenvalue weighted by Gasteiger charge is 2.23. The molecule has 1 aromatic heterocycles. The van der Waals surface area contributed by atoms with Gasteiger partial charge in [0.15, 0.2) is 0 Å². The zero-order valence-corrected chi connectivity index (χ0v) is 16.2. The van der Waals surface area contributed by atoms with Crippen molar-refractivity contribution < 1.29 is 4.79 Å². The van der Waals surface area contributed by atoms with E-state index >= 15 is 0 Å². The highest BCUT2D eigenvalue weighted by atomic mass is 35.5. The van der Waals surface area contributed by atoms with Gasteiger partial charge in [0.05, 0.1) is 5.56 Å². The van der Waals surface area contributed by atoms with Crippen molar-refractivity contribution in [1.29, 1.82) is 0 Å². The van der Waals surface area contributed by atoms with Crippen LogP contribution in [0.5, 0.6) is 0 Å². The van der Waals surface area contributed by atoms with Crippen molar-refractivity contribution in [3.63, 3.8) is 0 Å². The molecule has 0 spiro atoms. The standard InChI is InChI=1S/C20H25ClN2OS/c1-22(20(24)18-9-12-25-15-18)13-17-3-2-10-23(14-17)11-8-16-4-6-19(21)7-5-16/h4-7,9,12,15,17H,2-3,8,10-11,13-14H2,1H3. The first-order chi connectivity index (χ1) is 12.1. The molecule has 2 aromatic rings. The fourth-order valence-corrected chi connectivity index (χ4v) is 4.27. The van der Waals surface area contributed by atoms with E-state index in [2.05, 4.69) is 17.0 Å². The van der Waals surface area contributed by atoms with Gasteiger partial charge in [-0.3, -0.25) is 4.79 Å². The van der Waals surface area contributed by atoms with E-state index in [0.717, 1.165) is 43.2 Å². The summed E-state index contributed by atoms with van der Waals surface area (Å²) in [6, 6.07) is 10.0. The summed E-state index contributed by atoms with van der Waals surface area (Å²) in [6.07, 6.45) is 3.47. The molecule has 1 fully saturated rings. The van der Waals surface area contributed by atoms with E-state index in [-0.39, 0.29) is 5.91 Å². The number of carbonyl (C=O) groups excluding carboxylic acids is 1. The van der Waals surface area contributed by atoms with Crippen LogP contribution in [0.4, 0.5) is 0 Å². The molecule has 0 bridgehead atoms. The second-order valence-corrected chi connectivity index (χ2v) is 8.10. The molecule has 0 radical (unpaired) electrons. The number of piperidine rings is 1. The van der Waals surface area contributed by atoms with Gasteiger partial charge >= 0.3 is 0 Å². The molecule has 3 nitrogen and oxygen atoms in total. The van der Waals surface area contributed by atoms with Crippen LogP contribution in [-0.2, 0) is 6.42 Å². The van der Waals surface area contributed by atoms with Gasteiger partial charge in [-0.15, -0.1) is 0 Å². The number of thiophene rings is 1. The van der Waals surface area contributed by atoms with Gasteiger partial charge in [0, 0.05) is 37.1 Å². The van der Waals surface area contributed by atoms with E-state index in [1.807, 2.05) is 40.9 Å². The minimum atomic E-state index is 0.138. The average molecular weight is 377 g/mol. The molecule has 0 aliphatic carbocycles. The fourth-order valence-electron chi connectivity index (χ4n) is 3.52. The lowest BCUT2D eigenvalue weighted by Crippen LogP contribution is -2.42. The van der Waals surface area contributed by atoms with Gasteiger partial charge in [-0.2, -0.15) is 11.3 Å². The van der Waals surface area contributed by atoms with E-state index in [1.165, 1.54) is 18.4 Å². The summed E-state index contributed by atoms with van der Waals surface area (Å²) in [5.41, 5.74) is 2.14. The van der Waals surface area contributed by atoms with Crippen molar-refractivity contribution >= 4 is 28.8 Å². The lowest BCUT2D eigenvalue weighted by atomic mass is 9.97. The predicted molar refractivity (Wildman–Crippen MR) is 106 cm³/mol. The van der Waals surface area contributed by atoms with Gasteiger partial charge in [-0.25, -0.2) is 0 Å². The van der Waals surface area contributed by atoms with Gasteiger partial charge in [-0.1, -0.05) is 23.7 Å². The van der Waals surface area contributed by atoms with Crippen LogP contribution < -0.4 is 0 Å². The lowest BCUT2D eigenvalue weighted by Gasteiger charge is -2.34. The number of hydrogen-bond acceptors (Lipinski definition) is 3. The molecular weight excluding hydrogens is 352 g/mol. The van der Waals surface area contributed by atoms with Crippen LogP contribution in [0.1, 0.15) is 28.8 Å². The molecule has 1 aliphatic rings. The highest BCUT2D eigenvalue weighted by Crippen LogP contribution is 2.19. The molecular formula is C20H25ClN2OS. The summed E-state index contributed by atoms with van der Waals surface area (Å²) in [5.74, 6) is 0.700. The Morgan fingerprint density at radius 2 is 2.12 bits per heavy atom. The number of benzene rings is 1. The predicted octanol–water partition coefficient (Wildman–Crippen LogP) is 4.43. The molecule has 1 unspecified atom stereocenters. The lowest BCUT2D eigenvalue weighted by molar-refractivity contribution is 0.0731. The van der Waals surface area contributed by atoms with Crippen LogP contribution in [0.15, 0.2) is 41.1 Å². The fraction of sp³-hybridized carbons (Fsp3) is 0.450. The second-order valence-electron chi connectivity index (χ2n) is 6.88. The third-order valence-electron chi connectivity index (χ3n) is 4.88. The number of nitrogens with zero attached hydrogens (tertiary/aromatic N) is 2. The topological polar surface area (TPSA) is 23.6 Å². The minimum absolute atomic E-state index is 0.138. The Hall–Kier alpha value is -1.36. The van der Waals surface area contributed by atoms with Gasteiger partial charge in [0.2, 0.25) is 0 Å². The summed E-state index contributed by atoms with van der Waals surface area (Å²) >= 11 is 7.52. The number of likely N-dealkylation sites (tertiary alicyclic amines) is 1. The first-order valence-electron chi connectivity index (χ1n) is 8.86.